The Kier molecular flexibility index (Phi) is 7.20. The molecule has 1 fully saturated rings. The van der Waals surface area contributed by atoms with Gasteiger partial charge in [-0.2, -0.15) is 11.8 Å². The molecule has 23 heavy (non-hydrogen) atoms. The SMILES string of the molecule is CS[C@@H](C)C(=O)Nc1ccccc1OCCN1CCN(C)CC1. The number of nitrogens with one attached hydrogen (secondary N) is 1. The summed E-state index contributed by atoms with van der Waals surface area (Å²) in [4.78, 5) is 16.8. The highest BCUT2D eigenvalue weighted by Crippen LogP contribution is 2.24. The van der Waals surface area contributed by atoms with Crippen molar-refractivity contribution in [3.63, 3.8) is 0 Å². The van der Waals surface area contributed by atoms with Crippen LogP contribution in [0.25, 0.3) is 0 Å². The third-order valence-corrected chi connectivity index (χ3v) is 5.05. The first-order valence-corrected chi connectivity index (χ1v) is 9.35. The fourth-order valence-electron chi connectivity index (χ4n) is 2.39. The Balaban J connectivity index is 1.84. The number of nitrogens with zero attached hydrogens (tertiary/aromatic N) is 2. The van der Waals surface area contributed by atoms with E-state index in [0.29, 0.717) is 6.61 Å². The van der Waals surface area contributed by atoms with Crippen molar-refractivity contribution >= 4 is 23.4 Å². The van der Waals surface area contributed by atoms with Crippen molar-refractivity contribution in [3.05, 3.63) is 24.3 Å². The van der Waals surface area contributed by atoms with E-state index < -0.39 is 0 Å². The number of carbonyl (C=O) groups is 1. The van der Waals surface area contributed by atoms with Gasteiger partial charge < -0.3 is 15.0 Å². The van der Waals surface area contributed by atoms with Crippen LogP contribution in [0.1, 0.15) is 6.92 Å². The predicted octanol–water partition coefficient (Wildman–Crippen LogP) is 2.00. The van der Waals surface area contributed by atoms with Crippen molar-refractivity contribution in [2.75, 3.05) is 58.0 Å². The van der Waals surface area contributed by atoms with E-state index in [1.807, 2.05) is 37.4 Å². The summed E-state index contributed by atoms with van der Waals surface area (Å²) in [5.74, 6) is 0.746. The maximum atomic E-state index is 12.0. The minimum absolute atomic E-state index is 0.00705. The normalized spacial score (nSPS) is 17.7. The Morgan fingerprint density at radius 1 is 1.30 bits per heavy atom. The minimum atomic E-state index is -0.0756. The molecular weight excluding hydrogens is 310 g/mol. The molecular formula is C17H27N3O2S. The highest BCUT2D eigenvalue weighted by atomic mass is 32.2. The molecule has 1 aliphatic heterocycles. The van der Waals surface area contributed by atoms with Crippen LogP contribution >= 0.6 is 11.8 Å². The van der Waals surface area contributed by atoms with E-state index in [-0.39, 0.29) is 11.2 Å². The van der Waals surface area contributed by atoms with E-state index >= 15 is 0 Å². The maximum Gasteiger partial charge on any atom is 0.237 e. The average Bonchev–Trinajstić information content (AvgIpc) is 2.57. The van der Waals surface area contributed by atoms with Crippen molar-refractivity contribution in [1.29, 1.82) is 0 Å². The number of anilines is 1. The number of benzene rings is 1. The average molecular weight is 337 g/mol. The van der Waals surface area contributed by atoms with Gasteiger partial charge in [0.1, 0.15) is 12.4 Å². The summed E-state index contributed by atoms with van der Waals surface area (Å²) in [6, 6.07) is 7.63. The second kappa shape index (κ2) is 9.15. The Bertz CT molecular complexity index is 504. The van der Waals surface area contributed by atoms with Gasteiger partial charge in [0.15, 0.2) is 0 Å². The number of thioether (sulfide) groups is 1. The number of hydrogen-bond donors (Lipinski definition) is 1. The first-order chi connectivity index (χ1) is 11.1. The lowest BCUT2D eigenvalue weighted by molar-refractivity contribution is -0.115. The molecule has 2 rings (SSSR count). The lowest BCUT2D eigenvalue weighted by Crippen LogP contribution is -2.45. The zero-order valence-electron chi connectivity index (χ0n) is 14.2. The van der Waals surface area contributed by atoms with Crippen molar-refractivity contribution in [2.45, 2.75) is 12.2 Å². The Hall–Kier alpha value is -1.24. The number of para-hydroxylation sites is 2. The Morgan fingerprint density at radius 2 is 2.00 bits per heavy atom. The molecule has 5 nitrogen and oxygen atoms in total. The molecule has 1 atom stereocenters. The van der Waals surface area contributed by atoms with Crippen molar-refractivity contribution in [2.24, 2.45) is 0 Å². The maximum absolute atomic E-state index is 12.0. The number of ether oxygens (including phenoxy) is 1. The van der Waals surface area contributed by atoms with Crippen LogP contribution in [0.5, 0.6) is 5.75 Å². The summed E-state index contributed by atoms with van der Waals surface area (Å²) in [5, 5.41) is 2.87. The molecule has 1 N–H and O–H groups in total. The molecule has 1 heterocycles. The lowest BCUT2D eigenvalue weighted by atomic mass is 10.3. The summed E-state index contributed by atoms with van der Waals surface area (Å²) in [6.45, 7) is 7.84. The van der Waals surface area contributed by atoms with Gasteiger partial charge in [-0.25, -0.2) is 0 Å². The number of rotatable bonds is 7. The summed E-state index contributed by atoms with van der Waals surface area (Å²) in [7, 11) is 2.16. The van der Waals surface area contributed by atoms with Gasteiger partial charge in [-0.15, -0.1) is 0 Å². The number of amides is 1. The highest BCUT2D eigenvalue weighted by molar-refractivity contribution is 7.99. The molecule has 0 saturated carbocycles. The van der Waals surface area contributed by atoms with Gasteiger partial charge in [-0.1, -0.05) is 12.1 Å². The van der Waals surface area contributed by atoms with Gasteiger partial charge in [-0.05, 0) is 32.4 Å². The third-order valence-electron chi connectivity index (χ3n) is 4.13. The third kappa shape index (κ3) is 5.71. The lowest BCUT2D eigenvalue weighted by Gasteiger charge is -2.32. The van der Waals surface area contributed by atoms with Gasteiger partial charge in [-0.3, -0.25) is 9.69 Å². The topological polar surface area (TPSA) is 44.8 Å². The first-order valence-electron chi connectivity index (χ1n) is 8.06. The second-order valence-electron chi connectivity index (χ2n) is 5.86. The number of piperazine rings is 1. The van der Waals surface area contributed by atoms with Crippen LogP contribution in [0.15, 0.2) is 24.3 Å². The van der Waals surface area contributed by atoms with E-state index in [1.165, 1.54) is 11.8 Å². The molecule has 1 aliphatic rings. The zero-order valence-corrected chi connectivity index (χ0v) is 15.1. The highest BCUT2D eigenvalue weighted by Gasteiger charge is 2.15. The quantitative estimate of drug-likeness (QED) is 0.824. The van der Waals surface area contributed by atoms with Crippen LogP contribution in [-0.4, -0.2) is 73.6 Å². The fraction of sp³-hybridized carbons (Fsp3) is 0.588. The van der Waals surface area contributed by atoms with Gasteiger partial charge in [0.05, 0.1) is 10.9 Å². The van der Waals surface area contributed by atoms with Gasteiger partial charge in [0.2, 0.25) is 5.91 Å². The molecule has 0 aliphatic carbocycles. The van der Waals surface area contributed by atoms with Crippen LogP contribution in [0.4, 0.5) is 5.69 Å². The monoisotopic (exact) mass is 337 g/mol. The van der Waals surface area contributed by atoms with Gasteiger partial charge >= 0.3 is 0 Å². The number of likely N-dealkylation sites (N-methyl/N-ethyl adjacent to an activating group) is 1. The molecule has 128 valence electrons. The molecule has 1 saturated heterocycles. The van der Waals surface area contributed by atoms with Crippen LogP contribution in [0.2, 0.25) is 0 Å². The standard InChI is InChI=1S/C17H27N3O2S/c1-14(23-3)17(21)18-15-6-4-5-7-16(15)22-13-12-20-10-8-19(2)9-11-20/h4-7,14H,8-13H2,1-3H3,(H,18,21)/t14-/m0/s1. The molecule has 0 bridgehead atoms. The molecule has 0 unspecified atom stereocenters. The van der Waals surface area contributed by atoms with E-state index in [1.54, 1.807) is 0 Å². The first kappa shape index (κ1) is 18.1. The van der Waals surface area contributed by atoms with E-state index in [0.717, 1.165) is 44.2 Å². The summed E-state index contributed by atoms with van der Waals surface area (Å²) < 4.78 is 5.90. The Morgan fingerprint density at radius 3 is 2.70 bits per heavy atom. The second-order valence-corrected chi connectivity index (χ2v) is 7.04. The zero-order chi connectivity index (χ0) is 16.7. The van der Waals surface area contributed by atoms with Crippen LogP contribution in [0, 0.1) is 0 Å². The van der Waals surface area contributed by atoms with E-state index in [2.05, 4.69) is 22.2 Å². The van der Waals surface area contributed by atoms with Crippen molar-refractivity contribution in [1.82, 2.24) is 9.80 Å². The van der Waals surface area contributed by atoms with Gasteiger partial charge in [0, 0.05) is 32.7 Å². The molecule has 6 heteroatoms. The van der Waals surface area contributed by atoms with Crippen LogP contribution in [-0.2, 0) is 4.79 Å². The predicted molar refractivity (Wildman–Crippen MR) is 97.5 cm³/mol. The molecule has 0 radical (unpaired) electrons. The minimum Gasteiger partial charge on any atom is -0.490 e. The smallest absolute Gasteiger partial charge is 0.237 e. The van der Waals surface area contributed by atoms with E-state index in [9.17, 15) is 4.79 Å². The summed E-state index contributed by atoms with van der Waals surface area (Å²) in [5.41, 5.74) is 0.747. The summed E-state index contributed by atoms with van der Waals surface area (Å²) >= 11 is 1.53. The molecule has 0 aromatic heterocycles. The Labute approximate surface area is 143 Å². The molecule has 1 amide bonds. The molecule has 1 aromatic rings. The molecule has 1 aromatic carbocycles. The molecule has 0 spiro atoms. The van der Waals surface area contributed by atoms with Gasteiger partial charge in [0.25, 0.3) is 0 Å². The van der Waals surface area contributed by atoms with E-state index in [4.69, 9.17) is 4.74 Å². The van der Waals surface area contributed by atoms with Crippen molar-refractivity contribution < 1.29 is 9.53 Å². The number of hydrogen-bond acceptors (Lipinski definition) is 5. The fourth-order valence-corrected chi connectivity index (χ4v) is 2.67. The van der Waals surface area contributed by atoms with Crippen LogP contribution < -0.4 is 10.1 Å². The number of carbonyl (C=O) groups excluding carboxylic acids is 1. The largest absolute Gasteiger partial charge is 0.490 e. The van der Waals surface area contributed by atoms with Crippen LogP contribution in [0.3, 0.4) is 0 Å². The van der Waals surface area contributed by atoms with Crippen molar-refractivity contribution in [3.8, 4) is 5.75 Å². The summed E-state index contributed by atoms with van der Waals surface area (Å²) in [6.07, 6.45) is 1.93.